The zero-order valence-corrected chi connectivity index (χ0v) is 13.5. The molecule has 118 valence electrons. The van der Waals surface area contributed by atoms with E-state index in [-0.39, 0.29) is 5.91 Å². The minimum Gasteiger partial charge on any atom is -0.361 e. The molecular weight excluding hydrogens is 310 g/mol. The first-order valence-electron chi connectivity index (χ1n) is 7.42. The second kappa shape index (κ2) is 6.44. The lowest BCUT2D eigenvalue weighted by atomic mass is 10.0. The predicted octanol–water partition coefficient (Wildman–Crippen LogP) is 3.64. The van der Waals surface area contributed by atoms with Gasteiger partial charge in [-0.3, -0.25) is 4.79 Å². The number of aryl methyl sites for hydroxylation is 1. The van der Waals surface area contributed by atoms with Crippen LogP contribution >= 0.6 is 11.6 Å². The molecule has 5 heteroatoms. The summed E-state index contributed by atoms with van der Waals surface area (Å²) >= 11 is 5.97. The summed E-state index contributed by atoms with van der Waals surface area (Å²) in [6.45, 7) is 1.91. The van der Waals surface area contributed by atoms with Crippen LogP contribution in [0.1, 0.15) is 11.1 Å². The van der Waals surface area contributed by atoms with Crippen molar-refractivity contribution in [3.63, 3.8) is 0 Å². The maximum Gasteiger partial charge on any atom is 0.241 e. The molecule has 0 aliphatic carbocycles. The van der Waals surface area contributed by atoms with Crippen molar-refractivity contribution in [1.82, 2.24) is 4.98 Å². The zero-order chi connectivity index (χ0) is 16.4. The number of aromatic nitrogens is 1. The van der Waals surface area contributed by atoms with Gasteiger partial charge in [-0.05, 0) is 42.7 Å². The number of rotatable bonds is 4. The highest BCUT2D eigenvalue weighted by molar-refractivity contribution is 6.31. The third-order valence-corrected chi connectivity index (χ3v) is 4.14. The van der Waals surface area contributed by atoms with E-state index in [0.29, 0.717) is 17.1 Å². The monoisotopic (exact) mass is 327 g/mol. The van der Waals surface area contributed by atoms with Gasteiger partial charge in [-0.15, -0.1) is 0 Å². The molecule has 4 N–H and O–H groups in total. The number of aromatic amines is 1. The summed E-state index contributed by atoms with van der Waals surface area (Å²) in [4.78, 5) is 15.5. The minimum absolute atomic E-state index is 0.222. The molecule has 1 heterocycles. The fraction of sp³-hybridized carbons (Fsp3) is 0.167. The van der Waals surface area contributed by atoms with Gasteiger partial charge < -0.3 is 16.0 Å². The molecule has 0 aliphatic heterocycles. The van der Waals surface area contributed by atoms with E-state index in [1.54, 1.807) is 12.1 Å². The SMILES string of the molecule is Cc1ccc(Cl)cc1NC(=O)C(N)Cc1c[nH]c2ccccc12. The topological polar surface area (TPSA) is 70.9 Å². The first-order valence-corrected chi connectivity index (χ1v) is 7.80. The molecule has 1 aromatic heterocycles. The molecule has 3 aromatic rings. The van der Waals surface area contributed by atoms with Crippen molar-refractivity contribution >= 4 is 34.1 Å². The number of nitrogens with two attached hydrogens (primary N) is 1. The Kier molecular flexibility index (Phi) is 4.37. The fourth-order valence-electron chi connectivity index (χ4n) is 2.58. The van der Waals surface area contributed by atoms with Gasteiger partial charge in [-0.2, -0.15) is 0 Å². The normalized spacial score (nSPS) is 12.3. The molecule has 0 bridgehead atoms. The summed E-state index contributed by atoms with van der Waals surface area (Å²) in [5, 5.41) is 4.52. The van der Waals surface area contributed by atoms with Crippen molar-refractivity contribution in [3.8, 4) is 0 Å². The molecule has 3 rings (SSSR count). The van der Waals surface area contributed by atoms with E-state index in [4.69, 9.17) is 17.3 Å². The smallest absolute Gasteiger partial charge is 0.241 e. The summed E-state index contributed by atoms with van der Waals surface area (Å²) in [6.07, 6.45) is 2.37. The van der Waals surface area contributed by atoms with E-state index in [2.05, 4.69) is 10.3 Å². The lowest BCUT2D eigenvalue weighted by molar-refractivity contribution is -0.117. The summed E-state index contributed by atoms with van der Waals surface area (Å²) in [5.74, 6) is -0.222. The van der Waals surface area contributed by atoms with Crippen molar-refractivity contribution in [3.05, 3.63) is 64.8 Å². The highest BCUT2D eigenvalue weighted by Crippen LogP contribution is 2.21. The Morgan fingerprint density at radius 3 is 2.91 bits per heavy atom. The number of halogens is 1. The van der Waals surface area contributed by atoms with Crippen molar-refractivity contribution in [2.75, 3.05) is 5.32 Å². The van der Waals surface area contributed by atoms with E-state index in [1.165, 1.54) is 0 Å². The Morgan fingerprint density at radius 1 is 1.30 bits per heavy atom. The summed E-state index contributed by atoms with van der Waals surface area (Å²) in [5.41, 5.74) is 9.79. The highest BCUT2D eigenvalue weighted by Gasteiger charge is 2.17. The highest BCUT2D eigenvalue weighted by atomic mass is 35.5. The third-order valence-electron chi connectivity index (χ3n) is 3.91. The first-order chi connectivity index (χ1) is 11.0. The van der Waals surface area contributed by atoms with Crippen LogP contribution in [0, 0.1) is 6.92 Å². The molecule has 4 nitrogen and oxygen atoms in total. The minimum atomic E-state index is -0.632. The molecular formula is C18H18ClN3O. The largest absolute Gasteiger partial charge is 0.361 e. The number of hydrogen-bond acceptors (Lipinski definition) is 2. The maximum atomic E-state index is 12.3. The van der Waals surface area contributed by atoms with Gasteiger partial charge in [0, 0.05) is 27.8 Å². The Morgan fingerprint density at radius 2 is 2.09 bits per heavy atom. The number of carbonyl (C=O) groups is 1. The van der Waals surface area contributed by atoms with Crippen molar-refractivity contribution in [2.45, 2.75) is 19.4 Å². The lowest BCUT2D eigenvalue weighted by Crippen LogP contribution is -2.37. The van der Waals surface area contributed by atoms with Crippen molar-refractivity contribution in [1.29, 1.82) is 0 Å². The number of amides is 1. The molecule has 0 radical (unpaired) electrons. The molecule has 2 aromatic carbocycles. The van der Waals surface area contributed by atoms with Crippen molar-refractivity contribution in [2.24, 2.45) is 5.73 Å². The van der Waals surface area contributed by atoms with Crippen molar-refractivity contribution < 1.29 is 4.79 Å². The van der Waals surface area contributed by atoms with Gasteiger partial charge in [-0.25, -0.2) is 0 Å². The number of anilines is 1. The van der Waals surface area contributed by atoms with E-state index in [0.717, 1.165) is 22.0 Å². The van der Waals surface area contributed by atoms with Crippen LogP contribution in [0.3, 0.4) is 0 Å². The zero-order valence-electron chi connectivity index (χ0n) is 12.8. The van der Waals surface area contributed by atoms with Gasteiger partial charge in [0.25, 0.3) is 0 Å². The number of fused-ring (bicyclic) bond motifs is 1. The number of benzene rings is 2. The Hall–Kier alpha value is -2.30. The molecule has 0 aliphatic rings. The predicted molar refractivity (Wildman–Crippen MR) is 94.8 cm³/mol. The Bertz CT molecular complexity index is 856. The van der Waals surface area contributed by atoms with Crippen LogP contribution < -0.4 is 11.1 Å². The molecule has 0 fully saturated rings. The number of carbonyl (C=O) groups excluding carboxylic acids is 1. The number of H-pyrrole nitrogens is 1. The quantitative estimate of drug-likeness (QED) is 0.684. The molecule has 1 amide bonds. The summed E-state index contributed by atoms with van der Waals surface area (Å²) in [7, 11) is 0. The van der Waals surface area contributed by atoms with E-state index < -0.39 is 6.04 Å². The summed E-state index contributed by atoms with van der Waals surface area (Å²) < 4.78 is 0. The molecule has 0 spiro atoms. The summed E-state index contributed by atoms with van der Waals surface area (Å²) in [6, 6.07) is 12.7. The number of para-hydroxylation sites is 1. The second-order valence-corrected chi connectivity index (χ2v) is 6.06. The van der Waals surface area contributed by atoms with Crippen LogP contribution in [0.5, 0.6) is 0 Å². The van der Waals surface area contributed by atoms with E-state index >= 15 is 0 Å². The van der Waals surface area contributed by atoms with E-state index in [9.17, 15) is 4.79 Å². The van der Waals surface area contributed by atoms with Gasteiger partial charge in [0.2, 0.25) is 5.91 Å². The first kappa shape index (κ1) is 15.6. The molecule has 1 atom stereocenters. The lowest BCUT2D eigenvalue weighted by Gasteiger charge is -2.14. The molecule has 23 heavy (non-hydrogen) atoms. The molecule has 0 saturated heterocycles. The van der Waals surface area contributed by atoms with Crippen LogP contribution in [0.15, 0.2) is 48.7 Å². The Balaban J connectivity index is 1.74. The van der Waals surface area contributed by atoms with Gasteiger partial charge >= 0.3 is 0 Å². The van der Waals surface area contributed by atoms with Gasteiger partial charge in [-0.1, -0.05) is 35.9 Å². The standard InChI is InChI=1S/C18H18ClN3O/c1-11-6-7-13(19)9-17(11)22-18(23)15(20)8-12-10-21-16-5-3-2-4-14(12)16/h2-7,9-10,15,21H,8,20H2,1H3,(H,22,23). The fourth-order valence-corrected chi connectivity index (χ4v) is 2.76. The maximum absolute atomic E-state index is 12.3. The molecule has 0 saturated carbocycles. The van der Waals surface area contributed by atoms with Crippen LogP contribution in [0.2, 0.25) is 5.02 Å². The second-order valence-electron chi connectivity index (χ2n) is 5.62. The average Bonchev–Trinajstić information content (AvgIpc) is 2.94. The Labute approximate surface area is 139 Å². The van der Waals surface area contributed by atoms with Crippen LogP contribution in [-0.4, -0.2) is 16.9 Å². The van der Waals surface area contributed by atoms with Gasteiger partial charge in [0.1, 0.15) is 0 Å². The van der Waals surface area contributed by atoms with E-state index in [1.807, 2.05) is 43.5 Å². The van der Waals surface area contributed by atoms with Gasteiger partial charge in [0.05, 0.1) is 6.04 Å². The average molecular weight is 328 g/mol. The number of nitrogens with one attached hydrogen (secondary N) is 2. The van der Waals surface area contributed by atoms with Crippen LogP contribution in [0.4, 0.5) is 5.69 Å². The van der Waals surface area contributed by atoms with Crippen LogP contribution in [-0.2, 0) is 11.2 Å². The van der Waals surface area contributed by atoms with Crippen LogP contribution in [0.25, 0.3) is 10.9 Å². The van der Waals surface area contributed by atoms with Gasteiger partial charge in [0.15, 0.2) is 0 Å². The number of hydrogen-bond donors (Lipinski definition) is 3. The molecule has 1 unspecified atom stereocenters. The third kappa shape index (κ3) is 3.38.